The summed E-state index contributed by atoms with van der Waals surface area (Å²) in [6.45, 7) is 1.06. The maximum atomic E-state index is 13.3. The van der Waals surface area contributed by atoms with E-state index in [2.05, 4.69) is 35.6 Å². The van der Waals surface area contributed by atoms with Gasteiger partial charge in [0.15, 0.2) is 16.7 Å². The molecule has 1 amide bonds. The first-order chi connectivity index (χ1) is 15.6. The fourth-order valence-electron chi connectivity index (χ4n) is 2.50. The molecule has 0 aliphatic heterocycles. The first kappa shape index (κ1) is 21.9. The number of hydrogen-bond donors (Lipinski definition) is 2. The minimum absolute atomic E-state index is 0.107. The average Bonchev–Trinajstić information content (AvgIpc) is 3.47. The van der Waals surface area contributed by atoms with Crippen LogP contribution in [-0.4, -0.2) is 54.6 Å². The summed E-state index contributed by atoms with van der Waals surface area (Å²) in [5.41, 5.74) is 0.107. The van der Waals surface area contributed by atoms with Gasteiger partial charge in [-0.15, -0.1) is 10.2 Å². The number of anilines is 1. The molecule has 4 aromatic rings. The second kappa shape index (κ2) is 10.3. The van der Waals surface area contributed by atoms with Gasteiger partial charge in [0.25, 0.3) is 5.91 Å². The molecule has 0 spiro atoms. The van der Waals surface area contributed by atoms with Crippen molar-refractivity contribution in [2.24, 2.45) is 0 Å². The summed E-state index contributed by atoms with van der Waals surface area (Å²) >= 11 is 2.39. The van der Waals surface area contributed by atoms with E-state index in [1.54, 1.807) is 36.2 Å². The van der Waals surface area contributed by atoms with Crippen LogP contribution in [0.5, 0.6) is 0 Å². The van der Waals surface area contributed by atoms with E-state index < -0.39 is 5.91 Å². The van der Waals surface area contributed by atoms with E-state index >= 15 is 0 Å². The molecule has 0 saturated heterocycles. The highest BCUT2D eigenvalue weighted by atomic mass is 32.2. The number of hydrogen-bond acceptors (Lipinski definition) is 9. The normalized spacial score (nSPS) is 10.9. The van der Waals surface area contributed by atoms with Crippen LogP contribution in [0.4, 0.5) is 10.2 Å². The fourth-order valence-corrected chi connectivity index (χ4v) is 3.98. The minimum atomic E-state index is -0.473. The molecule has 0 atom stereocenters. The first-order valence-corrected chi connectivity index (χ1v) is 10.9. The van der Waals surface area contributed by atoms with Gasteiger partial charge in [0.05, 0.1) is 19.3 Å². The number of amides is 1. The number of aromatic amines is 1. The Morgan fingerprint density at radius 1 is 1.25 bits per heavy atom. The molecule has 0 unspecified atom stereocenters. The first-order valence-electron chi connectivity index (χ1n) is 9.29. The Kier molecular flexibility index (Phi) is 7.09. The third-order valence-electron chi connectivity index (χ3n) is 3.96. The molecule has 3 heterocycles. The third kappa shape index (κ3) is 5.69. The van der Waals surface area contributed by atoms with E-state index in [1.165, 1.54) is 48.2 Å². The van der Waals surface area contributed by atoms with E-state index in [-0.39, 0.29) is 11.5 Å². The van der Waals surface area contributed by atoms with E-state index in [1.807, 2.05) is 0 Å². The lowest BCUT2D eigenvalue weighted by Gasteiger charge is -2.09. The number of benzene rings is 1. The van der Waals surface area contributed by atoms with Crippen molar-refractivity contribution in [1.29, 1.82) is 0 Å². The van der Waals surface area contributed by atoms with E-state index in [0.717, 1.165) is 0 Å². The predicted octanol–water partition coefficient (Wildman–Crippen LogP) is 3.13. The third-order valence-corrected chi connectivity index (χ3v) is 5.76. The van der Waals surface area contributed by atoms with Gasteiger partial charge in [-0.3, -0.25) is 9.48 Å². The maximum Gasteiger partial charge on any atom is 0.278 e. The lowest BCUT2D eigenvalue weighted by Crippen LogP contribution is -2.17. The van der Waals surface area contributed by atoms with Gasteiger partial charge in [0.2, 0.25) is 0 Å². The van der Waals surface area contributed by atoms with Crippen LogP contribution in [0.2, 0.25) is 0 Å². The number of ether oxygens (including phenoxy) is 1. The molecule has 0 radical (unpaired) electrons. The second-order valence-electron chi connectivity index (χ2n) is 6.23. The smallest absolute Gasteiger partial charge is 0.278 e. The molecule has 0 fully saturated rings. The Balaban J connectivity index is 1.58. The summed E-state index contributed by atoms with van der Waals surface area (Å²) in [5, 5.41) is 16.0. The highest BCUT2D eigenvalue weighted by Crippen LogP contribution is 2.31. The zero-order chi connectivity index (χ0) is 22.3. The molecule has 3 aromatic heterocycles. The van der Waals surface area contributed by atoms with Crippen LogP contribution in [0.25, 0.3) is 0 Å². The van der Waals surface area contributed by atoms with Crippen molar-refractivity contribution in [1.82, 2.24) is 34.9 Å². The largest absolute Gasteiger partial charge is 0.383 e. The van der Waals surface area contributed by atoms with Gasteiger partial charge in [-0.1, -0.05) is 11.8 Å². The summed E-state index contributed by atoms with van der Waals surface area (Å²) in [7, 11) is 1.61. The van der Waals surface area contributed by atoms with Crippen molar-refractivity contribution in [3.63, 3.8) is 0 Å². The second-order valence-corrected chi connectivity index (χ2v) is 8.30. The molecule has 4 rings (SSSR count). The zero-order valence-corrected chi connectivity index (χ0v) is 18.4. The van der Waals surface area contributed by atoms with Crippen molar-refractivity contribution in [2.75, 3.05) is 19.0 Å². The molecule has 13 heteroatoms. The highest BCUT2D eigenvalue weighted by Gasteiger charge is 2.19. The predicted molar refractivity (Wildman–Crippen MR) is 115 cm³/mol. The van der Waals surface area contributed by atoms with Gasteiger partial charge in [0.1, 0.15) is 22.2 Å². The van der Waals surface area contributed by atoms with Crippen LogP contribution in [0, 0.1) is 5.82 Å². The highest BCUT2D eigenvalue weighted by molar-refractivity contribution is 7.99. The molecule has 0 aliphatic rings. The fraction of sp³-hybridized carbons (Fsp3) is 0.158. The maximum absolute atomic E-state index is 13.3. The van der Waals surface area contributed by atoms with Crippen LogP contribution in [-0.2, 0) is 11.3 Å². The average molecular weight is 473 g/mol. The standard InChI is InChI=1S/C19H17FN8O2S2/c1-30-9-8-28-7-6-14(27-28)24-17(29)16-18(31-13-4-2-12(20)3-5-13)21-10-15(25-16)32-19-22-11-23-26-19/h2-7,10-11H,8-9H2,1H3,(H,22,23,26)(H,24,27,29). The number of halogens is 1. The molecule has 0 aliphatic carbocycles. The van der Waals surface area contributed by atoms with E-state index in [0.29, 0.717) is 39.1 Å². The molecule has 0 bridgehead atoms. The molecule has 10 nitrogen and oxygen atoms in total. The number of H-pyrrole nitrogens is 1. The number of carbonyl (C=O) groups is 1. The quantitative estimate of drug-likeness (QED) is 0.378. The molecule has 0 saturated carbocycles. The number of aromatic nitrogens is 7. The molecule has 1 aromatic carbocycles. The lowest BCUT2D eigenvalue weighted by molar-refractivity contribution is 0.101. The van der Waals surface area contributed by atoms with Gasteiger partial charge in [-0.2, -0.15) is 5.10 Å². The van der Waals surface area contributed by atoms with E-state index in [4.69, 9.17) is 4.74 Å². The van der Waals surface area contributed by atoms with Crippen LogP contribution in [0.15, 0.2) is 69.2 Å². The number of rotatable bonds is 9. The molecular formula is C19H17FN8O2S2. The Hall–Kier alpha value is -3.29. The van der Waals surface area contributed by atoms with Gasteiger partial charge < -0.3 is 15.0 Å². The summed E-state index contributed by atoms with van der Waals surface area (Å²) in [4.78, 5) is 25.5. The van der Waals surface area contributed by atoms with Crippen molar-refractivity contribution in [3.8, 4) is 0 Å². The SMILES string of the molecule is COCCn1ccc(NC(=O)c2nc(Sc3nnc[nH]3)cnc2Sc2ccc(F)cc2)n1. The molecule has 32 heavy (non-hydrogen) atoms. The van der Waals surface area contributed by atoms with Gasteiger partial charge >= 0.3 is 0 Å². The number of carbonyl (C=O) groups excluding carboxylic acids is 1. The monoisotopic (exact) mass is 472 g/mol. The number of nitrogens with zero attached hydrogens (tertiary/aromatic N) is 6. The van der Waals surface area contributed by atoms with Crippen LogP contribution < -0.4 is 5.32 Å². The van der Waals surface area contributed by atoms with E-state index in [9.17, 15) is 9.18 Å². The number of methoxy groups -OCH3 is 1. The Labute approximate surface area is 190 Å². The summed E-state index contributed by atoms with van der Waals surface area (Å²) < 4.78 is 19.9. The number of nitrogens with one attached hydrogen (secondary N) is 2. The molecule has 164 valence electrons. The summed E-state index contributed by atoms with van der Waals surface area (Å²) in [5.74, 6) is -0.445. The van der Waals surface area contributed by atoms with Crippen molar-refractivity contribution < 1.29 is 13.9 Å². The zero-order valence-electron chi connectivity index (χ0n) is 16.7. The van der Waals surface area contributed by atoms with Gasteiger partial charge in [-0.25, -0.2) is 14.4 Å². The van der Waals surface area contributed by atoms with Crippen molar-refractivity contribution in [3.05, 3.63) is 60.6 Å². The minimum Gasteiger partial charge on any atom is -0.383 e. The van der Waals surface area contributed by atoms with Gasteiger partial charge in [0, 0.05) is 24.3 Å². The molecular weight excluding hydrogens is 455 g/mol. The summed E-state index contributed by atoms with van der Waals surface area (Å²) in [6, 6.07) is 7.59. The van der Waals surface area contributed by atoms with Crippen LogP contribution >= 0.6 is 23.5 Å². The lowest BCUT2D eigenvalue weighted by atomic mass is 10.3. The molecule has 2 N–H and O–H groups in total. The van der Waals surface area contributed by atoms with Gasteiger partial charge in [-0.05, 0) is 36.0 Å². The Bertz CT molecular complexity index is 1180. The topological polar surface area (TPSA) is 124 Å². The van der Waals surface area contributed by atoms with Crippen LogP contribution in [0.1, 0.15) is 10.5 Å². The van der Waals surface area contributed by atoms with Crippen molar-refractivity contribution in [2.45, 2.75) is 26.6 Å². The van der Waals surface area contributed by atoms with Crippen LogP contribution in [0.3, 0.4) is 0 Å². The Morgan fingerprint density at radius 3 is 2.84 bits per heavy atom. The van der Waals surface area contributed by atoms with Crippen molar-refractivity contribution >= 4 is 35.2 Å². The Morgan fingerprint density at radius 2 is 2.09 bits per heavy atom. The summed E-state index contributed by atoms with van der Waals surface area (Å²) in [6.07, 6.45) is 4.72.